The maximum absolute atomic E-state index is 12.2. The number of esters is 1. The third kappa shape index (κ3) is 2.86. The topological polar surface area (TPSA) is 50.4 Å². The normalized spacial score (nSPS) is 18.6. The molecule has 2 N–H and O–H groups in total. The first-order chi connectivity index (χ1) is 9.43. The van der Waals surface area contributed by atoms with Crippen LogP contribution in [-0.2, 0) is 9.53 Å². The predicted octanol–water partition coefficient (Wildman–Crippen LogP) is 2.72. The van der Waals surface area contributed by atoms with Crippen LogP contribution in [0.25, 0.3) is 0 Å². The van der Waals surface area contributed by atoms with Crippen LogP contribution in [0.1, 0.15) is 35.2 Å². The van der Waals surface area contributed by atoms with Gasteiger partial charge in [-0.05, 0) is 51.5 Å². The van der Waals surface area contributed by atoms with Crippen LogP contribution in [0.2, 0.25) is 0 Å². The largest absolute Gasteiger partial charge is 0.463 e. The summed E-state index contributed by atoms with van der Waals surface area (Å²) in [4.78, 5) is 14.6. The Morgan fingerprint density at radius 2 is 2.15 bits per heavy atom. The van der Waals surface area contributed by atoms with Crippen LogP contribution < -0.4 is 10.6 Å². The molecule has 1 aliphatic rings. The van der Waals surface area contributed by atoms with Gasteiger partial charge >= 0.3 is 5.97 Å². The van der Waals surface area contributed by atoms with E-state index in [0.717, 1.165) is 11.3 Å². The van der Waals surface area contributed by atoms with Gasteiger partial charge in [0, 0.05) is 15.5 Å². The van der Waals surface area contributed by atoms with Crippen molar-refractivity contribution < 1.29 is 9.53 Å². The zero-order valence-electron chi connectivity index (χ0n) is 12.0. The van der Waals surface area contributed by atoms with Crippen LogP contribution in [0, 0.1) is 13.8 Å². The minimum atomic E-state index is -0.305. The molecular weight excluding hydrogens is 292 g/mol. The second-order valence-electron chi connectivity index (χ2n) is 4.66. The number of hydrogen-bond acceptors (Lipinski definition) is 4. The van der Waals surface area contributed by atoms with Crippen molar-refractivity contribution in [3.05, 3.63) is 32.7 Å². The monoisotopic (exact) mass is 310 g/mol. The summed E-state index contributed by atoms with van der Waals surface area (Å²) >= 11 is 6.92. The van der Waals surface area contributed by atoms with E-state index in [0.29, 0.717) is 17.3 Å². The summed E-state index contributed by atoms with van der Waals surface area (Å²) in [6.07, 6.45) is 0. The van der Waals surface area contributed by atoms with E-state index in [9.17, 15) is 4.79 Å². The van der Waals surface area contributed by atoms with Crippen molar-refractivity contribution in [1.29, 1.82) is 0 Å². The summed E-state index contributed by atoms with van der Waals surface area (Å²) in [6.45, 7) is 8.12. The Morgan fingerprint density at radius 1 is 1.45 bits per heavy atom. The smallest absolute Gasteiger partial charge is 0.338 e. The van der Waals surface area contributed by atoms with E-state index >= 15 is 0 Å². The van der Waals surface area contributed by atoms with Crippen LogP contribution in [0.5, 0.6) is 0 Å². The standard InChI is InChI=1S/C14H18N2O2S2/c1-5-18-13(17)11-8(3)15-14(19)16-12(11)10-6-7(2)20-9(10)4/h6,12H,5H2,1-4H3,(H2,15,16,19)/t12-/m0/s1. The van der Waals surface area contributed by atoms with Crippen molar-refractivity contribution in [3.63, 3.8) is 0 Å². The molecule has 0 saturated heterocycles. The number of ether oxygens (including phenoxy) is 1. The Kier molecular flexibility index (Phi) is 4.45. The highest BCUT2D eigenvalue weighted by Gasteiger charge is 2.32. The van der Waals surface area contributed by atoms with E-state index in [1.165, 1.54) is 9.75 Å². The summed E-state index contributed by atoms with van der Waals surface area (Å²) in [7, 11) is 0. The van der Waals surface area contributed by atoms with E-state index in [1.807, 2.05) is 6.92 Å². The number of allylic oxidation sites excluding steroid dienone is 1. The fourth-order valence-corrected chi connectivity index (χ4v) is 3.58. The number of carbonyl (C=O) groups is 1. The lowest BCUT2D eigenvalue weighted by atomic mass is 9.96. The van der Waals surface area contributed by atoms with Gasteiger partial charge in [0.25, 0.3) is 0 Å². The van der Waals surface area contributed by atoms with Crippen molar-refractivity contribution in [1.82, 2.24) is 10.6 Å². The maximum Gasteiger partial charge on any atom is 0.338 e. The molecule has 0 radical (unpaired) electrons. The van der Waals surface area contributed by atoms with Crippen molar-refractivity contribution in [2.75, 3.05) is 6.61 Å². The van der Waals surface area contributed by atoms with Crippen LogP contribution in [0.15, 0.2) is 17.3 Å². The molecule has 1 aliphatic heterocycles. The first-order valence-electron chi connectivity index (χ1n) is 6.46. The number of aryl methyl sites for hydroxylation is 2. The number of thiocarbonyl (C=S) groups is 1. The molecule has 1 atom stereocenters. The Bertz CT molecular complexity index is 590. The maximum atomic E-state index is 12.2. The number of hydrogen-bond donors (Lipinski definition) is 2. The highest BCUT2D eigenvalue weighted by Crippen LogP contribution is 2.33. The molecule has 0 amide bonds. The van der Waals surface area contributed by atoms with Crippen LogP contribution in [0.3, 0.4) is 0 Å². The van der Waals surface area contributed by atoms with Gasteiger partial charge in [-0.3, -0.25) is 0 Å². The second-order valence-corrected chi connectivity index (χ2v) is 6.53. The van der Waals surface area contributed by atoms with E-state index < -0.39 is 0 Å². The van der Waals surface area contributed by atoms with Gasteiger partial charge in [-0.25, -0.2) is 4.79 Å². The fourth-order valence-electron chi connectivity index (χ4n) is 2.34. The molecule has 6 heteroatoms. The van der Waals surface area contributed by atoms with Gasteiger partial charge in [0.05, 0.1) is 18.2 Å². The zero-order valence-corrected chi connectivity index (χ0v) is 13.6. The van der Waals surface area contributed by atoms with Crippen molar-refractivity contribution in [2.45, 2.75) is 33.7 Å². The molecule has 0 aliphatic carbocycles. The average molecular weight is 310 g/mol. The van der Waals surface area contributed by atoms with E-state index in [1.54, 1.807) is 18.3 Å². The molecule has 0 saturated carbocycles. The van der Waals surface area contributed by atoms with E-state index in [2.05, 4.69) is 30.5 Å². The van der Waals surface area contributed by atoms with E-state index in [-0.39, 0.29) is 12.0 Å². The molecule has 0 unspecified atom stereocenters. The van der Waals surface area contributed by atoms with Gasteiger partial charge in [0.15, 0.2) is 5.11 Å². The molecule has 4 nitrogen and oxygen atoms in total. The second kappa shape index (κ2) is 5.93. The fraction of sp³-hybridized carbons (Fsp3) is 0.429. The number of rotatable bonds is 3. The van der Waals surface area contributed by atoms with Gasteiger partial charge < -0.3 is 15.4 Å². The molecule has 0 fully saturated rings. The Hall–Kier alpha value is -1.40. The van der Waals surface area contributed by atoms with E-state index in [4.69, 9.17) is 17.0 Å². The quantitative estimate of drug-likeness (QED) is 0.664. The minimum Gasteiger partial charge on any atom is -0.463 e. The number of carbonyl (C=O) groups excluding carboxylic acids is 1. The van der Waals surface area contributed by atoms with Gasteiger partial charge in [0.2, 0.25) is 0 Å². The molecule has 2 heterocycles. The summed E-state index contributed by atoms with van der Waals surface area (Å²) in [6, 6.07) is 1.85. The Labute approximate surface area is 128 Å². The molecule has 1 aromatic heterocycles. The first-order valence-corrected chi connectivity index (χ1v) is 7.68. The highest BCUT2D eigenvalue weighted by atomic mass is 32.1. The van der Waals surface area contributed by atoms with Crippen LogP contribution in [0.4, 0.5) is 0 Å². The lowest BCUT2D eigenvalue weighted by Crippen LogP contribution is -2.45. The molecule has 108 valence electrons. The van der Waals surface area contributed by atoms with Gasteiger partial charge in [-0.15, -0.1) is 11.3 Å². The third-order valence-electron chi connectivity index (χ3n) is 3.15. The molecule has 0 spiro atoms. The molecular formula is C14H18N2O2S2. The summed E-state index contributed by atoms with van der Waals surface area (Å²) < 4.78 is 5.17. The summed E-state index contributed by atoms with van der Waals surface area (Å²) in [5, 5.41) is 6.70. The van der Waals surface area contributed by atoms with Crippen molar-refractivity contribution >= 4 is 34.6 Å². The summed E-state index contributed by atoms with van der Waals surface area (Å²) in [5.74, 6) is -0.305. The molecule has 2 rings (SSSR count). The molecule has 20 heavy (non-hydrogen) atoms. The Morgan fingerprint density at radius 3 is 2.70 bits per heavy atom. The summed E-state index contributed by atoms with van der Waals surface area (Å²) in [5.41, 5.74) is 2.43. The minimum absolute atomic E-state index is 0.243. The zero-order chi connectivity index (χ0) is 14.9. The highest BCUT2D eigenvalue weighted by molar-refractivity contribution is 7.80. The average Bonchev–Trinajstić information content (AvgIpc) is 2.67. The third-order valence-corrected chi connectivity index (χ3v) is 4.36. The number of thiophene rings is 1. The van der Waals surface area contributed by atoms with Gasteiger partial charge in [-0.2, -0.15) is 0 Å². The SMILES string of the molecule is CCOC(=O)C1=C(C)NC(=S)N[C@H]1c1cc(C)sc1C. The predicted molar refractivity (Wildman–Crippen MR) is 84.7 cm³/mol. The number of nitrogens with one attached hydrogen (secondary N) is 2. The van der Waals surface area contributed by atoms with Crippen LogP contribution >= 0.6 is 23.6 Å². The first kappa shape index (κ1) is 15.0. The van der Waals surface area contributed by atoms with Gasteiger partial charge in [0.1, 0.15) is 0 Å². The molecule has 0 aromatic carbocycles. The molecule has 0 bridgehead atoms. The van der Waals surface area contributed by atoms with Crippen molar-refractivity contribution in [2.24, 2.45) is 0 Å². The molecule has 1 aromatic rings. The lowest BCUT2D eigenvalue weighted by molar-refractivity contribution is -0.139. The van der Waals surface area contributed by atoms with Crippen molar-refractivity contribution in [3.8, 4) is 0 Å². The van der Waals surface area contributed by atoms with Gasteiger partial charge in [-0.1, -0.05) is 0 Å². The van der Waals surface area contributed by atoms with Crippen LogP contribution in [-0.4, -0.2) is 17.7 Å². The Balaban J connectivity index is 2.47. The lowest BCUT2D eigenvalue weighted by Gasteiger charge is -2.29.